The fourth-order valence-corrected chi connectivity index (χ4v) is 1.97. The Morgan fingerprint density at radius 2 is 2.00 bits per heavy atom. The van der Waals surface area contributed by atoms with Gasteiger partial charge in [-0.15, -0.1) is 0 Å². The highest BCUT2D eigenvalue weighted by molar-refractivity contribution is 5.77. The molecule has 1 aliphatic rings. The summed E-state index contributed by atoms with van der Waals surface area (Å²) < 4.78 is 5.39. The second-order valence-corrected chi connectivity index (χ2v) is 4.91. The van der Waals surface area contributed by atoms with Crippen LogP contribution in [0.2, 0.25) is 0 Å². The van der Waals surface area contributed by atoms with E-state index in [1.807, 2.05) is 37.4 Å². The number of hydrogen-bond donors (Lipinski definition) is 2. The number of rotatable bonds is 7. The molecular formula is C14H20N2O2. The summed E-state index contributed by atoms with van der Waals surface area (Å²) in [7, 11) is 1.94. The molecule has 18 heavy (non-hydrogen) atoms. The zero-order chi connectivity index (χ0) is 12.8. The highest BCUT2D eigenvalue weighted by Gasteiger charge is 2.41. The van der Waals surface area contributed by atoms with E-state index in [2.05, 4.69) is 10.6 Å². The Kier molecular flexibility index (Phi) is 4.20. The van der Waals surface area contributed by atoms with Crippen LogP contribution < -0.4 is 15.4 Å². The molecule has 0 radical (unpaired) electrons. The number of amides is 1. The number of benzene rings is 1. The monoisotopic (exact) mass is 248 g/mol. The van der Waals surface area contributed by atoms with Gasteiger partial charge in [-0.1, -0.05) is 18.2 Å². The zero-order valence-corrected chi connectivity index (χ0v) is 10.7. The van der Waals surface area contributed by atoms with Gasteiger partial charge >= 0.3 is 0 Å². The highest BCUT2D eigenvalue weighted by atomic mass is 16.5. The molecule has 1 fully saturated rings. The molecule has 2 N–H and O–H groups in total. The molecule has 0 aliphatic heterocycles. The maximum Gasteiger partial charge on any atom is 0.257 e. The van der Waals surface area contributed by atoms with Gasteiger partial charge in [0.05, 0.1) is 0 Å². The Labute approximate surface area is 108 Å². The summed E-state index contributed by atoms with van der Waals surface area (Å²) >= 11 is 0. The van der Waals surface area contributed by atoms with E-state index in [0.717, 1.165) is 18.8 Å². The van der Waals surface area contributed by atoms with E-state index in [4.69, 9.17) is 4.74 Å². The van der Waals surface area contributed by atoms with Crippen LogP contribution in [0.15, 0.2) is 30.3 Å². The standard InChI is InChI=1S/C14H20N2O2/c1-15-10-14(7-8-14)11-16-13(17)9-18-12-5-3-2-4-6-12/h2-6,15H,7-11H2,1H3,(H,16,17). The molecule has 1 aromatic carbocycles. The second-order valence-electron chi connectivity index (χ2n) is 4.91. The van der Waals surface area contributed by atoms with Crippen LogP contribution in [-0.4, -0.2) is 32.7 Å². The normalized spacial score (nSPS) is 16.1. The maximum atomic E-state index is 11.6. The van der Waals surface area contributed by atoms with Crippen LogP contribution >= 0.6 is 0 Å². The van der Waals surface area contributed by atoms with Crippen LogP contribution in [0.25, 0.3) is 0 Å². The third-order valence-electron chi connectivity index (χ3n) is 3.28. The molecule has 1 saturated carbocycles. The van der Waals surface area contributed by atoms with E-state index in [1.54, 1.807) is 0 Å². The minimum absolute atomic E-state index is 0.0544. The predicted molar refractivity (Wildman–Crippen MR) is 70.5 cm³/mol. The van der Waals surface area contributed by atoms with Crippen LogP contribution in [0.5, 0.6) is 5.75 Å². The van der Waals surface area contributed by atoms with Crippen molar-refractivity contribution in [3.8, 4) is 5.75 Å². The summed E-state index contributed by atoms with van der Waals surface area (Å²) in [5.74, 6) is 0.672. The topological polar surface area (TPSA) is 50.4 Å². The smallest absolute Gasteiger partial charge is 0.257 e. The summed E-state index contributed by atoms with van der Waals surface area (Å²) in [5.41, 5.74) is 0.289. The Morgan fingerprint density at radius 3 is 2.61 bits per heavy atom. The summed E-state index contributed by atoms with van der Waals surface area (Å²) in [4.78, 5) is 11.6. The molecule has 0 unspecified atom stereocenters. The van der Waals surface area contributed by atoms with Crippen molar-refractivity contribution < 1.29 is 9.53 Å². The molecule has 4 nitrogen and oxygen atoms in total. The summed E-state index contributed by atoms with van der Waals surface area (Å²) in [6.45, 7) is 1.79. The Balaban J connectivity index is 1.67. The van der Waals surface area contributed by atoms with Crippen molar-refractivity contribution in [2.24, 2.45) is 5.41 Å². The lowest BCUT2D eigenvalue weighted by molar-refractivity contribution is -0.123. The van der Waals surface area contributed by atoms with Gasteiger partial charge in [0.1, 0.15) is 5.75 Å². The minimum atomic E-state index is -0.0544. The average Bonchev–Trinajstić information content (AvgIpc) is 3.16. The van der Waals surface area contributed by atoms with Crippen molar-refractivity contribution in [1.29, 1.82) is 0 Å². The first-order valence-corrected chi connectivity index (χ1v) is 6.33. The number of hydrogen-bond acceptors (Lipinski definition) is 3. The number of nitrogens with one attached hydrogen (secondary N) is 2. The van der Waals surface area contributed by atoms with Gasteiger partial charge in [-0.3, -0.25) is 4.79 Å². The van der Waals surface area contributed by atoms with Crippen LogP contribution in [-0.2, 0) is 4.79 Å². The quantitative estimate of drug-likeness (QED) is 0.762. The van der Waals surface area contributed by atoms with Gasteiger partial charge in [-0.25, -0.2) is 0 Å². The number of para-hydroxylation sites is 1. The van der Waals surface area contributed by atoms with Gasteiger partial charge in [-0.05, 0) is 32.0 Å². The van der Waals surface area contributed by atoms with Crippen molar-refractivity contribution in [2.45, 2.75) is 12.8 Å². The molecule has 0 aromatic heterocycles. The Bertz CT molecular complexity index is 388. The average molecular weight is 248 g/mol. The lowest BCUT2D eigenvalue weighted by Gasteiger charge is -2.15. The SMILES string of the molecule is CNCC1(CNC(=O)COc2ccccc2)CC1. The van der Waals surface area contributed by atoms with E-state index < -0.39 is 0 Å². The maximum absolute atomic E-state index is 11.6. The van der Waals surface area contributed by atoms with E-state index in [1.165, 1.54) is 12.8 Å². The van der Waals surface area contributed by atoms with E-state index in [9.17, 15) is 4.79 Å². The van der Waals surface area contributed by atoms with Gasteiger partial charge in [0, 0.05) is 18.5 Å². The minimum Gasteiger partial charge on any atom is -0.484 e. The molecule has 0 bridgehead atoms. The summed E-state index contributed by atoms with van der Waals surface area (Å²) in [5, 5.41) is 6.11. The van der Waals surface area contributed by atoms with Crippen LogP contribution in [0.4, 0.5) is 0 Å². The summed E-state index contributed by atoms with van der Waals surface area (Å²) in [6.07, 6.45) is 2.38. The lowest BCUT2D eigenvalue weighted by Crippen LogP contribution is -2.37. The predicted octanol–water partition coefficient (Wildman–Crippen LogP) is 1.18. The third kappa shape index (κ3) is 3.74. The fourth-order valence-electron chi connectivity index (χ4n) is 1.97. The Hall–Kier alpha value is -1.55. The van der Waals surface area contributed by atoms with Crippen molar-refractivity contribution in [2.75, 3.05) is 26.7 Å². The molecule has 4 heteroatoms. The molecule has 98 valence electrons. The van der Waals surface area contributed by atoms with Gasteiger partial charge in [-0.2, -0.15) is 0 Å². The van der Waals surface area contributed by atoms with Crippen LogP contribution in [0.3, 0.4) is 0 Å². The van der Waals surface area contributed by atoms with Crippen LogP contribution in [0.1, 0.15) is 12.8 Å². The van der Waals surface area contributed by atoms with Crippen LogP contribution in [0, 0.1) is 5.41 Å². The third-order valence-corrected chi connectivity index (χ3v) is 3.28. The van der Waals surface area contributed by atoms with Crippen molar-refractivity contribution >= 4 is 5.91 Å². The first-order chi connectivity index (χ1) is 8.74. The number of carbonyl (C=O) groups excluding carboxylic acids is 1. The van der Waals surface area contributed by atoms with Gasteiger partial charge in [0.2, 0.25) is 0 Å². The first-order valence-electron chi connectivity index (χ1n) is 6.33. The molecular weight excluding hydrogens is 228 g/mol. The van der Waals surface area contributed by atoms with E-state index >= 15 is 0 Å². The molecule has 0 saturated heterocycles. The van der Waals surface area contributed by atoms with Crippen molar-refractivity contribution in [3.63, 3.8) is 0 Å². The largest absolute Gasteiger partial charge is 0.484 e. The molecule has 1 amide bonds. The molecule has 0 spiro atoms. The first kappa shape index (κ1) is 12.9. The molecule has 0 heterocycles. The Morgan fingerprint density at radius 1 is 1.28 bits per heavy atom. The van der Waals surface area contributed by atoms with Crippen molar-refractivity contribution in [1.82, 2.24) is 10.6 Å². The van der Waals surface area contributed by atoms with E-state index in [-0.39, 0.29) is 17.9 Å². The second kappa shape index (κ2) is 5.87. The van der Waals surface area contributed by atoms with Gasteiger partial charge < -0.3 is 15.4 Å². The molecule has 1 aromatic rings. The highest BCUT2D eigenvalue weighted by Crippen LogP contribution is 2.44. The molecule has 1 aliphatic carbocycles. The van der Waals surface area contributed by atoms with Gasteiger partial charge in [0.25, 0.3) is 5.91 Å². The summed E-state index contributed by atoms with van der Waals surface area (Å²) in [6, 6.07) is 9.38. The fraction of sp³-hybridized carbons (Fsp3) is 0.500. The van der Waals surface area contributed by atoms with Crippen molar-refractivity contribution in [3.05, 3.63) is 30.3 Å². The van der Waals surface area contributed by atoms with Gasteiger partial charge in [0.15, 0.2) is 6.61 Å². The van der Waals surface area contributed by atoms with E-state index in [0.29, 0.717) is 0 Å². The zero-order valence-electron chi connectivity index (χ0n) is 10.7. The number of carbonyl (C=O) groups is 1. The molecule has 2 rings (SSSR count). The molecule has 0 atom stereocenters. The number of ether oxygens (including phenoxy) is 1. The lowest BCUT2D eigenvalue weighted by atomic mass is 10.1.